The van der Waals surface area contributed by atoms with Crippen LogP contribution < -0.4 is 5.32 Å². The van der Waals surface area contributed by atoms with Crippen LogP contribution in [0.25, 0.3) is 0 Å². The highest BCUT2D eigenvalue weighted by molar-refractivity contribution is 5.98. The minimum absolute atomic E-state index is 0.0344. The van der Waals surface area contributed by atoms with E-state index in [1.165, 1.54) is 0 Å². The number of hydrogen-bond donors (Lipinski definition) is 1. The maximum absolute atomic E-state index is 12.6. The van der Waals surface area contributed by atoms with Crippen LogP contribution in [0, 0.1) is 24.7 Å². The zero-order valence-electron chi connectivity index (χ0n) is 17.5. The molecular weight excluding hydrogens is 354 g/mol. The lowest BCUT2D eigenvalue weighted by Gasteiger charge is -2.27. The first-order valence-electron chi connectivity index (χ1n) is 10.3. The van der Waals surface area contributed by atoms with Gasteiger partial charge in [-0.3, -0.25) is 9.59 Å². The van der Waals surface area contributed by atoms with Gasteiger partial charge in [-0.25, -0.2) is 4.79 Å². The molecule has 0 heterocycles. The van der Waals surface area contributed by atoms with E-state index in [-0.39, 0.29) is 30.1 Å². The summed E-state index contributed by atoms with van der Waals surface area (Å²) in [6, 6.07) is 6.44. The number of nitrogens with one attached hydrogen (secondary N) is 1. The quantitative estimate of drug-likeness (QED) is 0.539. The summed E-state index contributed by atoms with van der Waals surface area (Å²) in [6.45, 7) is 7.82. The number of ether oxygens (including phenoxy) is 1. The third-order valence-corrected chi connectivity index (χ3v) is 5.41. The number of rotatable bonds is 8. The van der Waals surface area contributed by atoms with Gasteiger partial charge < -0.3 is 10.1 Å². The Labute approximate surface area is 168 Å². The highest BCUT2D eigenvalue weighted by Crippen LogP contribution is 2.28. The zero-order chi connectivity index (χ0) is 20.7. The second-order valence-electron chi connectivity index (χ2n) is 8.54. The highest BCUT2D eigenvalue weighted by Gasteiger charge is 2.29. The van der Waals surface area contributed by atoms with Crippen LogP contribution >= 0.6 is 0 Å². The first-order valence-corrected chi connectivity index (χ1v) is 10.3. The number of amides is 1. The van der Waals surface area contributed by atoms with E-state index in [0.29, 0.717) is 17.9 Å². The normalized spacial score (nSPS) is 20.5. The predicted molar refractivity (Wildman–Crippen MR) is 109 cm³/mol. The molecule has 5 nitrogen and oxygen atoms in total. The molecule has 1 N–H and O–H groups in total. The van der Waals surface area contributed by atoms with Gasteiger partial charge in [0.1, 0.15) is 6.04 Å². The van der Waals surface area contributed by atoms with E-state index >= 15 is 0 Å². The molecule has 0 bridgehead atoms. The van der Waals surface area contributed by atoms with E-state index in [1.807, 2.05) is 32.9 Å². The van der Waals surface area contributed by atoms with Crippen molar-refractivity contribution in [3.8, 4) is 0 Å². The van der Waals surface area contributed by atoms with Crippen molar-refractivity contribution in [1.82, 2.24) is 5.32 Å². The standard InChI is InChI=1S/C23H33NO4/c1-15(2)13-20(24-22(26)19-11-7-17(4)8-12-19)23(27)28-14-21(25)18-9-5-16(3)6-10-18/h5-6,9-10,15,17,19-20H,7-8,11-14H2,1-4H3,(H,24,26). The average molecular weight is 388 g/mol. The minimum Gasteiger partial charge on any atom is -0.456 e. The van der Waals surface area contributed by atoms with E-state index in [9.17, 15) is 14.4 Å². The molecule has 1 aliphatic carbocycles. The summed E-state index contributed by atoms with van der Waals surface area (Å²) < 4.78 is 5.25. The zero-order valence-corrected chi connectivity index (χ0v) is 17.5. The highest BCUT2D eigenvalue weighted by atomic mass is 16.5. The van der Waals surface area contributed by atoms with Gasteiger partial charge in [-0.05, 0) is 50.9 Å². The van der Waals surface area contributed by atoms with Crippen molar-refractivity contribution in [3.05, 3.63) is 35.4 Å². The predicted octanol–water partition coefficient (Wildman–Crippen LogP) is 4.08. The van der Waals surface area contributed by atoms with Gasteiger partial charge in [-0.2, -0.15) is 0 Å². The van der Waals surface area contributed by atoms with Crippen molar-refractivity contribution in [3.63, 3.8) is 0 Å². The van der Waals surface area contributed by atoms with Crippen molar-refractivity contribution in [1.29, 1.82) is 0 Å². The number of carbonyl (C=O) groups excluding carboxylic acids is 3. The summed E-state index contributed by atoms with van der Waals surface area (Å²) in [4.78, 5) is 37.4. The van der Waals surface area contributed by atoms with E-state index in [0.717, 1.165) is 31.2 Å². The first kappa shape index (κ1) is 22.1. The van der Waals surface area contributed by atoms with E-state index < -0.39 is 12.0 Å². The Morgan fingerprint density at radius 2 is 1.68 bits per heavy atom. The van der Waals surface area contributed by atoms with Crippen LogP contribution in [0.5, 0.6) is 0 Å². The molecular formula is C23H33NO4. The van der Waals surface area contributed by atoms with Gasteiger partial charge in [0.15, 0.2) is 12.4 Å². The number of ketones is 1. The molecule has 1 atom stereocenters. The molecule has 1 unspecified atom stereocenters. The van der Waals surface area contributed by atoms with Crippen LogP contribution in [-0.2, 0) is 14.3 Å². The molecule has 2 rings (SSSR count). The van der Waals surface area contributed by atoms with Crippen molar-refractivity contribution in [2.45, 2.75) is 65.8 Å². The molecule has 0 spiro atoms. The number of carbonyl (C=O) groups is 3. The van der Waals surface area contributed by atoms with Crippen LogP contribution in [0.4, 0.5) is 0 Å². The van der Waals surface area contributed by atoms with Crippen LogP contribution in [0.1, 0.15) is 68.8 Å². The van der Waals surface area contributed by atoms with Gasteiger partial charge >= 0.3 is 5.97 Å². The largest absolute Gasteiger partial charge is 0.456 e. The lowest BCUT2D eigenvalue weighted by Crippen LogP contribution is -2.46. The Morgan fingerprint density at radius 3 is 2.25 bits per heavy atom. The Hall–Kier alpha value is -2.17. The molecule has 0 aliphatic heterocycles. The van der Waals surface area contributed by atoms with E-state index in [4.69, 9.17) is 4.74 Å². The molecule has 1 aliphatic rings. The first-order chi connectivity index (χ1) is 13.3. The topological polar surface area (TPSA) is 72.5 Å². The van der Waals surface area contributed by atoms with Crippen molar-refractivity contribution in [2.75, 3.05) is 6.61 Å². The molecule has 28 heavy (non-hydrogen) atoms. The molecule has 5 heteroatoms. The van der Waals surface area contributed by atoms with Crippen molar-refractivity contribution < 1.29 is 19.1 Å². The Balaban J connectivity index is 1.91. The lowest BCUT2D eigenvalue weighted by atomic mass is 9.82. The smallest absolute Gasteiger partial charge is 0.329 e. The molecule has 0 radical (unpaired) electrons. The second kappa shape index (κ2) is 10.4. The fraction of sp³-hybridized carbons (Fsp3) is 0.609. The van der Waals surface area contributed by atoms with Gasteiger partial charge in [0.25, 0.3) is 0 Å². The third-order valence-electron chi connectivity index (χ3n) is 5.41. The van der Waals surface area contributed by atoms with Crippen molar-refractivity contribution >= 4 is 17.7 Å². The van der Waals surface area contributed by atoms with Gasteiger partial charge in [0.2, 0.25) is 5.91 Å². The molecule has 1 aromatic carbocycles. The molecule has 1 fully saturated rings. The van der Waals surface area contributed by atoms with E-state index in [2.05, 4.69) is 12.2 Å². The number of aryl methyl sites for hydroxylation is 1. The Morgan fingerprint density at radius 1 is 1.07 bits per heavy atom. The molecule has 1 aromatic rings. The van der Waals surface area contributed by atoms with E-state index in [1.54, 1.807) is 12.1 Å². The molecule has 0 saturated heterocycles. The third kappa shape index (κ3) is 6.77. The van der Waals surface area contributed by atoms with Gasteiger partial charge in [0, 0.05) is 11.5 Å². The summed E-state index contributed by atoms with van der Waals surface area (Å²) in [7, 11) is 0. The van der Waals surface area contributed by atoms with Gasteiger partial charge in [-0.1, -0.05) is 50.6 Å². The van der Waals surface area contributed by atoms with Crippen LogP contribution in [0.15, 0.2) is 24.3 Å². The van der Waals surface area contributed by atoms with Crippen molar-refractivity contribution in [2.24, 2.45) is 17.8 Å². The molecule has 154 valence electrons. The Kier molecular flexibility index (Phi) is 8.21. The number of esters is 1. The minimum atomic E-state index is -0.710. The average Bonchev–Trinajstić information content (AvgIpc) is 2.66. The molecule has 0 aromatic heterocycles. The Bertz CT molecular complexity index is 672. The van der Waals surface area contributed by atoms with Crippen LogP contribution in [0.2, 0.25) is 0 Å². The fourth-order valence-corrected chi connectivity index (χ4v) is 3.56. The van der Waals surface area contributed by atoms with Crippen LogP contribution in [0.3, 0.4) is 0 Å². The second-order valence-corrected chi connectivity index (χ2v) is 8.54. The maximum Gasteiger partial charge on any atom is 0.329 e. The number of hydrogen-bond acceptors (Lipinski definition) is 4. The fourth-order valence-electron chi connectivity index (χ4n) is 3.56. The summed E-state index contributed by atoms with van der Waals surface area (Å²) in [5, 5.41) is 2.88. The summed E-state index contributed by atoms with van der Waals surface area (Å²) in [5.41, 5.74) is 1.57. The molecule has 1 saturated carbocycles. The SMILES string of the molecule is Cc1ccc(C(=O)COC(=O)C(CC(C)C)NC(=O)C2CCC(C)CC2)cc1. The van der Waals surface area contributed by atoms with Gasteiger partial charge in [-0.15, -0.1) is 0 Å². The summed E-state index contributed by atoms with van der Waals surface area (Å²) in [6.07, 6.45) is 4.31. The number of Topliss-reactive ketones (excluding diaryl/α,β-unsaturated/α-hetero) is 1. The number of benzene rings is 1. The molecule has 1 amide bonds. The summed E-state index contributed by atoms with van der Waals surface area (Å²) in [5.74, 6) is -0.00608. The summed E-state index contributed by atoms with van der Waals surface area (Å²) >= 11 is 0. The lowest BCUT2D eigenvalue weighted by molar-refractivity contribution is -0.148. The van der Waals surface area contributed by atoms with Gasteiger partial charge in [0.05, 0.1) is 0 Å². The monoisotopic (exact) mass is 387 g/mol. The maximum atomic E-state index is 12.6. The van der Waals surface area contributed by atoms with Crippen LogP contribution in [-0.4, -0.2) is 30.3 Å².